The molecule has 224 valence electrons. The van der Waals surface area contributed by atoms with Gasteiger partial charge in [0.15, 0.2) is 0 Å². The van der Waals surface area contributed by atoms with Gasteiger partial charge in [0.1, 0.15) is 5.82 Å². The summed E-state index contributed by atoms with van der Waals surface area (Å²) in [5.74, 6) is 0.352. The molecule has 10 heteroatoms. The Bertz CT molecular complexity index is 2040. The third kappa shape index (κ3) is 6.97. The zero-order chi connectivity index (χ0) is 31.3. The molecular formula is C35H26Cl3N5O2. The summed E-state index contributed by atoms with van der Waals surface area (Å²) >= 11 is 18.8. The van der Waals surface area contributed by atoms with Crippen molar-refractivity contribution in [2.45, 2.75) is 6.42 Å². The number of hydrogen-bond acceptors (Lipinski definition) is 5. The summed E-state index contributed by atoms with van der Waals surface area (Å²) in [6.45, 7) is 0.0595. The lowest BCUT2D eigenvalue weighted by Gasteiger charge is -2.17. The lowest BCUT2D eigenvalue weighted by Crippen LogP contribution is -2.24. The maximum absolute atomic E-state index is 13.9. The maximum Gasteiger partial charge on any atom is 0.265 e. The first kappa shape index (κ1) is 30.2. The Morgan fingerprint density at radius 2 is 1.40 bits per heavy atom. The number of halogens is 3. The summed E-state index contributed by atoms with van der Waals surface area (Å²) in [5, 5.41) is 11.4. The van der Waals surface area contributed by atoms with Gasteiger partial charge < -0.3 is 16.0 Å². The van der Waals surface area contributed by atoms with Gasteiger partial charge in [-0.2, -0.15) is 0 Å². The van der Waals surface area contributed by atoms with Crippen molar-refractivity contribution in [3.8, 4) is 5.69 Å². The molecule has 1 heterocycles. The van der Waals surface area contributed by atoms with Crippen LogP contribution in [0.1, 0.15) is 11.4 Å². The number of aromatic nitrogens is 2. The van der Waals surface area contributed by atoms with E-state index in [4.69, 9.17) is 39.8 Å². The van der Waals surface area contributed by atoms with E-state index in [0.717, 1.165) is 16.9 Å². The number of carbonyl (C=O) groups excluding carboxylic acids is 1. The van der Waals surface area contributed by atoms with Crippen LogP contribution in [0, 0.1) is 0 Å². The number of nitrogens with zero attached hydrogens (tertiary/aromatic N) is 2. The molecule has 0 saturated heterocycles. The second-order valence-electron chi connectivity index (χ2n) is 10.2. The molecule has 0 fully saturated rings. The molecule has 0 aliphatic heterocycles. The number of amides is 1. The van der Waals surface area contributed by atoms with Crippen LogP contribution >= 0.6 is 34.8 Å². The summed E-state index contributed by atoms with van der Waals surface area (Å²) in [6, 6.07) is 34.6. The topological polar surface area (TPSA) is 88.1 Å². The predicted molar refractivity (Wildman–Crippen MR) is 185 cm³/mol. The largest absolute Gasteiger partial charge is 0.376 e. The van der Waals surface area contributed by atoms with Gasteiger partial charge in [-0.1, -0.05) is 71.2 Å². The van der Waals surface area contributed by atoms with Gasteiger partial charge in [-0.05, 0) is 84.4 Å². The maximum atomic E-state index is 13.9. The Hall–Kier alpha value is -4.82. The molecule has 6 rings (SSSR count). The quantitative estimate of drug-likeness (QED) is 0.145. The molecular weight excluding hydrogens is 629 g/mol. The van der Waals surface area contributed by atoms with Crippen molar-refractivity contribution in [3.05, 3.63) is 152 Å². The number of hydrogen-bond donors (Lipinski definition) is 3. The summed E-state index contributed by atoms with van der Waals surface area (Å²) in [6.07, 6.45) is 0.343. The van der Waals surface area contributed by atoms with E-state index >= 15 is 0 Å². The molecule has 0 aliphatic rings. The van der Waals surface area contributed by atoms with Crippen LogP contribution in [0.4, 0.5) is 22.7 Å². The molecule has 1 amide bonds. The van der Waals surface area contributed by atoms with Crippen LogP contribution in [0.2, 0.25) is 15.1 Å². The molecule has 45 heavy (non-hydrogen) atoms. The molecule has 0 spiro atoms. The Labute approximate surface area is 274 Å². The molecule has 7 nitrogen and oxygen atoms in total. The van der Waals surface area contributed by atoms with E-state index in [1.165, 1.54) is 0 Å². The standard InChI is InChI=1S/C35H26Cl3N5O2/c36-23-12-14-25(15-13-23)40-33(44)21-39-24-16-18-26(19-17-24)43-32(41-31-11-4-2-7-27(31)35(43)45)20-22-6-1-3-10-30(22)42-34-28(37)8-5-9-29(34)38/h1-19,39,42H,20-21H2,(H,40,44). The van der Waals surface area contributed by atoms with E-state index in [1.54, 1.807) is 53.1 Å². The van der Waals surface area contributed by atoms with Crippen LogP contribution in [0.15, 0.2) is 120 Å². The highest BCUT2D eigenvalue weighted by Crippen LogP contribution is 2.34. The van der Waals surface area contributed by atoms with Crippen LogP contribution in [-0.4, -0.2) is 22.0 Å². The van der Waals surface area contributed by atoms with E-state index in [9.17, 15) is 9.59 Å². The SMILES string of the molecule is O=C(CNc1ccc(-n2c(Cc3ccccc3Nc3c(Cl)cccc3Cl)nc3ccccc3c2=O)cc1)Nc1ccc(Cl)cc1. The van der Waals surface area contributed by atoms with E-state index in [2.05, 4.69) is 16.0 Å². The highest BCUT2D eigenvalue weighted by atomic mass is 35.5. The second kappa shape index (κ2) is 13.4. The van der Waals surface area contributed by atoms with Crippen LogP contribution in [0.5, 0.6) is 0 Å². The summed E-state index contributed by atoms with van der Waals surface area (Å²) in [4.78, 5) is 31.3. The van der Waals surface area contributed by atoms with Gasteiger partial charge in [-0.25, -0.2) is 4.98 Å². The van der Waals surface area contributed by atoms with Gasteiger partial charge in [0.2, 0.25) is 5.91 Å². The van der Waals surface area contributed by atoms with Crippen molar-refractivity contribution in [2.75, 3.05) is 22.5 Å². The van der Waals surface area contributed by atoms with E-state index in [-0.39, 0.29) is 18.0 Å². The number of anilines is 4. The molecule has 6 aromatic rings. The molecule has 0 saturated carbocycles. The lowest BCUT2D eigenvalue weighted by molar-refractivity contribution is -0.114. The Morgan fingerprint density at radius 3 is 2.16 bits per heavy atom. The highest BCUT2D eigenvalue weighted by molar-refractivity contribution is 6.39. The van der Waals surface area contributed by atoms with Crippen molar-refractivity contribution in [3.63, 3.8) is 0 Å². The number of para-hydroxylation sites is 3. The lowest BCUT2D eigenvalue weighted by atomic mass is 10.1. The molecule has 0 radical (unpaired) electrons. The first-order valence-corrected chi connectivity index (χ1v) is 15.2. The minimum Gasteiger partial charge on any atom is -0.376 e. The number of benzene rings is 5. The summed E-state index contributed by atoms with van der Waals surface area (Å²) in [7, 11) is 0. The normalized spacial score (nSPS) is 10.9. The van der Waals surface area contributed by atoms with E-state index in [1.807, 2.05) is 66.7 Å². The van der Waals surface area contributed by atoms with Gasteiger partial charge in [-0.15, -0.1) is 0 Å². The fourth-order valence-corrected chi connectivity index (χ4v) is 5.55. The second-order valence-corrected chi connectivity index (χ2v) is 11.4. The van der Waals surface area contributed by atoms with Crippen LogP contribution in [0.3, 0.4) is 0 Å². The Kier molecular flexibility index (Phi) is 9.03. The Morgan fingerprint density at radius 1 is 0.733 bits per heavy atom. The predicted octanol–water partition coefficient (Wildman–Crippen LogP) is 8.73. The molecule has 1 aromatic heterocycles. The van der Waals surface area contributed by atoms with Crippen molar-refractivity contribution in [1.29, 1.82) is 0 Å². The average Bonchev–Trinajstić information content (AvgIpc) is 3.04. The molecule has 3 N–H and O–H groups in total. The number of carbonyl (C=O) groups is 1. The van der Waals surface area contributed by atoms with Crippen molar-refractivity contribution >= 4 is 74.4 Å². The number of fused-ring (bicyclic) bond motifs is 1. The zero-order valence-electron chi connectivity index (χ0n) is 23.7. The zero-order valence-corrected chi connectivity index (χ0v) is 26.0. The fraction of sp³-hybridized carbons (Fsp3) is 0.0571. The third-order valence-corrected chi connectivity index (χ3v) is 8.02. The molecule has 0 unspecified atom stereocenters. The van der Waals surface area contributed by atoms with Crippen LogP contribution in [-0.2, 0) is 11.2 Å². The van der Waals surface area contributed by atoms with Crippen LogP contribution < -0.4 is 21.5 Å². The molecule has 0 aliphatic carbocycles. The minimum absolute atomic E-state index is 0.0595. The number of nitrogens with one attached hydrogen (secondary N) is 3. The van der Waals surface area contributed by atoms with Gasteiger partial charge in [0.25, 0.3) is 5.56 Å². The van der Waals surface area contributed by atoms with Crippen LogP contribution in [0.25, 0.3) is 16.6 Å². The third-order valence-electron chi connectivity index (χ3n) is 7.14. The minimum atomic E-state index is -0.205. The molecule has 0 atom stereocenters. The van der Waals surface area contributed by atoms with Gasteiger partial charge in [0.05, 0.1) is 38.9 Å². The Balaban J connectivity index is 1.29. The van der Waals surface area contributed by atoms with Gasteiger partial charge in [0, 0.05) is 28.5 Å². The van der Waals surface area contributed by atoms with E-state index in [0.29, 0.717) is 55.3 Å². The van der Waals surface area contributed by atoms with Gasteiger partial charge >= 0.3 is 0 Å². The average molecular weight is 655 g/mol. The fourth-order valence-electron chi connectivity index (χ4n) is 4.93. The monoisotopic (exact) mass is 653 g/mol. The van der Waals surface area contributed by atoms with Crippen molar-refractivity contribution in [1.82, 2.24) is 9.55 Å². The van der Waals surface area contributed by atoms with Gasteiger partial charge in [-0.3, -0.25) is 14.2 Å². The summed E-state index contributed by atoms with van der Waals surface area (Å²) < 4.78 is 1.62. The number of rotatable bonds is 9. The van der Waals surface area contributed by atoms with E-state index < -0.39 is 0 Å². The van der Waals surface area contributed by atoms with Crippen molar-refractivity contribution < 1.29 is 4.79 Å². The summed E-state index contributed by atoms with van der Waals surface area (Å²) in [5.41, 5.74) is 4.73. The van der Waals surface area contributed by atoms with Crippen molar-refractivity contribution in [2.24, 2.45) is 0 Å². The molecule has 0 bridgehead atoms. The molecule has 5 aromatic carbocycles. The highest BCUT2D eigenvalue weighted by Gasteiger charge is 2.16. The first-order valence-electron chi connectivity index (χ1n) is 14.0. The first-order chi connectivity index (χ1) is 21.9. The smallest absolute Gasteiger partial charge is 0.265 e.